The zero-order chi connectivity index (χ0) is 11.1. The average Bonchev–Trinajstić information content (AvgIpc) is 2.13. The molecule has 0 rings (SSSR count). The molecule has 4 nitrogen and oxygen atoms in total. The lowest BCUT2D eigenvalue weighted by Crippen LogP contribution is -2.40. The molecule has 14 heavy (non-hydrogen) atoms. The molecule has 0 bridgehead atoms. The van der Waals surface area contributed by atoms with Gasteiger partial charge in [-0.05, 0) is 12.8 Å². The Morgan fingerprint density at radius 3 is 2.50 bits per heavy atom. The Morgan fingerprint density at radius 2 is 2.07 bits per heavy atom. The van der Waals surface area contributed by atoms with Gasteiger partial charge in [-0.2, -0.15) is 5.26 Å². The molecule has 0 fully saturated rings. The van der Waals surface area contributed by atoms with Gasteiger partial charge in [0.25, 0.3) is 0 Å². The van der Waals surface area contributed by atoms with E-state index in [2.05, 4.69) is 24.9 Å². The molecule has 0 aromatic carbocycles. The third-order valence-corrected chi connectivity index (χ3v) is 2.03. The molecule has 0 radical (unpaired) electrons. The largest absolute Gasteiger partial charge is 0.370 e. The van der Waals surface area contributed by atoms with Gasteiger partial charge >= 0.3 is 0 Å². The first kappa shape index (κ1) is 12.8. The van der Waals surface area contributed by atoms with Gasteiger partial charge in [-0.1, -0.05) is 13.8 Å². The molecule has 0 aliphatic carbocycles. The van der Waals surface area contributed by atoms with Gasteiger partial charge in [-0.15, -0.1) is 0 Å². The van der Waals surface area contributed by atoms with Crippen molar-refractivity contribution in [1.82, 2.24) is 4.90 Å². The van der Waals surface area contributed by atoms with Gasteiger partial charge in [0.2, 0.25) is 0 Å². The predicted molar refractivity (Wildman–Crippen MR) is 58.8 cm³/mol. The van der Waals surface area contributed by atoms with Crippen LogP contribution in [0.5, 0.6) is 0 Å². The Hall–Kier alpha value is -1.24. The molecular weight excluding hydrogens is 176 g/mol. The van der Waals surface area contributed by atoms with E-state index in [0.717, 1.165) is 6.54 Å². The zero-order valence-corrected chi connectivity index (χ0v) is 9.49. The number of nitrogens with zero attached hydrogens (tertiary/aromatic N) is 3. The third kappa shape index (κ3) is 4.70. The fourth-order valence-electron chi connectivity index (χ4n) is 0.882. The van der Waals surface area contributed by atoms with Crippen molar-refractivity contribution in [2.24, 2.45) is 16.6 Å². The number of nitrogens with two attached hydrogens (primary N) is 1. The van der Waals surface area contributed by atoms with Crippen molar-refractivity contribution in [2.45, 2.75) is 33.2 Å². The second-order valence-electron chi connectivity index (χ2n) is 3.91. The molecule has 0 saturated heterocycles. The molecule has 0 amide bonds. The van der Waals surface area contributed by atoms with Crippen LogP contribution < -0.4 is 5.73 Å². The second-order valence-corrected chi connectivity index (χ2v) is 3.91. The summed E-state index contributed by atoms with van der Waals surface area (Å²) in [4.78, 5) is 6.08. The molecule has 0 aliphatic rings. The van der Waals surface area contributed by atoms with E-state index in [0.29, 0.717) is 18.3 Å². The third-order valence-electron chi connectivity index (χ3n) is 2.03. The molecule has 2 N–H and O–H groups in total. The Morgan fingerprint density at radius 1 is 1.50 bits per heavy atom. The smallest absolute Gasteiger partial charge is 0.191 e. The SMILES string of the molecule is CC(C)CN=C(N)N(C)C(C)CC#N. The van der Waals surface area contributed by atoms with Crippen LogP contribution in [-0.2, 0) is 0 Å². The topological polar surface area (TPSA) is 65.4 Å². The Balaban J connectivity index is 4.17. The van der Waals surface area contributed by atoms with E-state index < -0.39 is 0 Å². The van der Waals surface area contributed by atoms with Crippen molar-refractivity contribution < 1.29 is 0 Å². The highest BCUT2D eigenvalue weighted by molar-refractivity contribution is 5.78. The molecule has 0 heterocycles. The van der Waals surface area contributed by atoms with Crippen LogP contribution in [0.15, 0.2) is 4.99 Å². The van der Waals surface area contributed by atoms with Crippen LogP contribution in [-0.4, -0.2) is 30.5 Å². The molecule has 0 aromatic heterocycles. The van der Waals surface area contributed by atoms with Gasteiger partial charge in [0.1, 0.15) is 0 Å². The normalized spacial score (nSPS) is 13.9. The molecule has 4 heteroatoms. The van der Waals surface area contributed by atoms with Gasteiger partial charge in [0.15, 0.2) is 5.96 Å². The van der Waals surface area contributed by atoms with E-state index in [9.17, 15) is 0 Å². The summed E-state index contributed by atoms with van der Waals surface area (Å²) in [7, 11) is 1.86. The van der Waals surface area contributed by atoms with Crippen LogP contribution in [0, 0.1) is 17.2 Å². The first-order chi connectivity index (χ1) is 6.49. The molecule has 0 spiro atoms. The highest BCUT2D eigenvalue weighted by atomic mass is 15.2. The summed E-state index contributed by atoms with van der Waals surface area (Å²) >= 11 is 0. The summed E-state index contributed by atoms with van der Waals surface area (Å²) < 4.78 is 0. The minimum atomic E-state index is 0.121. The number of hydrogen-bond acceptors (Lipinski definition) is 2. The Labute approximate surface area is 86.4 Å². The van der Waals surface area contributed by atoms with Gasteiger partial charge in [0, 0.05) is 19.6 Å². The van der Waals surface area contributed by atoms with Crippen molar-refractivity contribution >= 4 is 5.96 Å². The van der Waals surface area contributed by atoms with Crippen LogP contribution in [0.4, 0.5) is 0 Å². The maximum Gasteiger partial charge on any atom is 0.191 e. The molecule has 0 aromatic rings. The maximum absolute atomic E-state index is 8.53. The van der Waals surface area contributed by atoms with Gasteiger partial charge in [-0.3, -0.25) is 4.99 Å². The summed E-state index contributed by atoms with van der Waals surface area (Å²) in [5.41, 5.74) is 5.76. The van der Waals surface area contributed by atoms with Crippen molar-refractivity contribution in [3.8, 4) is 6.07 Å². The van der Waals surface area contributed by atoms with Gasteiger partial charge < -0.3 is 10.6 Å². The number of rotatable bonds is 4. The lowest BCUT2D eigenvalue weighted by molar-refractivity contribution is 0.389. The standard InChI is InChI=1S/C10H20N4/c1-8(2)7-13-10(12)14(4)9(3)5-6-11/h8-9H,5,7H2,1-4H3,(H2,12,13). The first-order valence-corrected chi connectivity index (χ1v) is 4.88. The molecule has 0 aliphatic heterocycles. The molecule has 1 unspecified atom stereocenters. The highest BCUT2D eigenvalue weighted by Crippen LogP contribution is 2.00. The van der Waals surface area contributed by atoms with Gasteiger partial charge in [0.05, 0.1) is 12.5 Å². The molecular formula is C10H20N4. The quantitative estimate of drug-likeness (QED) is 0.542. The second kappa shape index (κ2) is 6.25. The van der Waals surface area contributed by atoms with E-state index in [-0.39, 0.29) is 6.04 Å². The first-order valence-electron chi connectivity index (χ1n) is 4.88. The number of nitriles is 1. The summed E-state index contributed by atoms with van der Waals surface area (Å²) in [6.45, 7) is 6.88. The summed E-state index contributed by atoms with van der Waals surface area (Å²) in [6.07, 6.45) is 0.467. The lowest BCUT2D eigenvalue weighted by Gasteiger charge is -2.23. The lowest BCUT2D eigenvalue weighted by atomic mass is 10.2. The van der Waals surface area contributed by atoms with Crippen molar-refractivity contribution in [3.05, 3.63) is 0 Å². The summed E-state index contributed by atoms with van der Waals surface area (Å²) in [5, 5.41) is 8.53. The zero-order valence-electron chi connectivity index (χ0n) is 9.49. The van der Waals surface area contributed by atoms with Crippen LogP contribution in [0.1, 0.15) is 27.2 Å². The maximum atomic E-state index is 8.53. The minimum absolute atomic E-state index is 0.121. The number of guanidine groups is 1. The van der Waals surface area contributed by atoms with Gasteiger partial charge in [-0.25, -0.2) is 0 Å². The summed E-state index contributed by atoms with van der Waals surface area (Å²) in [5.74, 6) is 1.02. The number of aliphatic imine (C=N–C) groups is 1. The van der Waals surface area contributed by atoms with Crippen molar-refractivity contribution in [3.63, 3.8) is 0 Å². The van der Waals surface area contributed by atoms with E-state index >= 15 is 0 Å². The van der Waals surface area contributed by atoms with Crippen LogP contribution in [0.25, 0.3) is 0 Å². The van der Waals surface area contributed by atoms with Crippen LogP contribution in [0.3, 0.4) is 0 Å². The van der Waals surface area contributed by atoms with E-state index in [1.807, 2.05) is 18.9 Å². The Bertz CT molecular complexity index is 227. The van der Waals surface area contributed by atoms with E-state index in [4.69, 9.17) is 11.0 Å². The van der Waals surface area contributed by atoms with Crippen LogP contribution >= 0.6 is 0 Å². The monoisotopic (exact) mass is 196 g/mol. The average molecular weight is 196 g/mol. The van der Waals surface area contributed by atoms with E-state index in [1.54, 1.807) is 0 Å². The molecule has 1 atom stereocenters. The fraction of sp³-hybridized carbons (Fsp3) is 0.800. The minimum Gasteiger partial charge on any atom is -0.370 e. The Kier molecular flexibility index (Phi) is 5.70. The van der Waals surface area contributed by atoms with E-state index in [1.165, 1.54) is 0 Å². The fourth-order valence-corrected chi connectivity index (χ4v) is 0.882. The number of hydrogen-bond donors (Lipinski definition) is 1. The summed E-state index contributed by atoms with van der Waals surface area (Å²) in [6, 6.07) is 2.24. The highest BCUT2D eigenvalue weighted by Gasteiger charge is 2.10. The van der Waals surface area contributed by atoms with Crippen molar-refractivity contribution in [2.75, 3.05) is 13.6 Å². The predicted octanol–water partition coefficient (Wildman–Crippen LogP) is 1.19. The van der Waals surface area contributed by atoms with Crippen molar-refractivity contribution in [1.29, 1.82) is 5.26 Å². The molecule has 0 saturated carbocycles. The molecule has 80 valence electrons. The van der Waals surface area contributed by atoms with Crippen LogP contribution in [0.2, 0.25) is 0 Å².